The summed E-state index contributed by atoms with van der Waals surface area (Å²) < 4.78 is 41.5. The average molecular weight is 571 g/mol. The van der Waals surface area contributed by atoms with Crippen molar-refractivity contribution in [3.8, 4) is 11.7 Å². The van der Waals surface area contributed by atoms with Gasteiger partial charge in [0.1, 0.15) is 5.82 Å². The molecule has 3 aliphatic rings. The van der Waals surface area contributed by atoms with E-state index in [9.17, 15) is 13.9 Å². The Morgan fingerprint density at radius 2 is 1.78 bits per heavy atom. The van der Waals surface area contributed by atoms with Crippen molar-refractivity contribution in [3.63, 3.8) is 0 Å². The Bertz CT molecular complexity index is 1330. The van der Waals surface area contributed by atoms with E-state index in [1.807, 2.05) is 18.7 Å². The fourth-order valence-electron chi connectivity index (χ4n) is 6.76. The fourth-order valence-corrected chi connectivity index (χ4v) is 6.76. The first kappa shape index (κ1) is 28.2. The van der Waals surface area contributed by atoms with Gasteiger partial charge < -0.3 is 19.5 Å². The number of imidazole rings is 1. The highest BCUT2D eigenvalue weighted by Crippen LogP contribution is 2.36. The maximum Gasteiger partial charge on any atom is 0.296 e. The second-order valence-corrected chi connectivity index (χ2v) is 12.1. The molecule has 4 heterocycles. The molecule has 0 bridgehead atoms. The third-order valence-electron chi connectivity index (χ3n) is 8.84. The van der Waals surface area contributed by atoms with E-state index in [0.29, 0.717) is 73.5 Å². The van der Waals surface area contributed by atoms with Crippen LogP contribution in [0.3, 0.4) is 0 Å². The molecule has 1 atom stereocenters. The van der Waals surface area contributed by atoms with Crippen molar-refractivity contribution in [2.75, 3.05) is 44.4 Å². The molecule has 41 heavy (non-hydrogen) atoms. The Kier molecular flexibility index (Phi) is 8.11. The number of nitrogens with zero attached hydrogens (tertiary/aromatic N) is 6. The molecule has 1 aromatic carbocycles. The minimum Gasteiger partial charge on any atom is -0.477 e. The number of anilines is 1. The summed E-state index contributed by atoms with van der Waals surface area (Å²) in [6, 6.07) is 9.44. The zero-order chi connectivity index (χ0) is 28.6. The van der Waals surface area contributed by atoms with E-state index < -0.39 is 12.0 Å². The first-order valence-corrected chi connectivity index (χ1v) is 14.9. The Hall–Kier alpha value is -2.89. The van der Waals surface area contributed by atoms with Crippen LogP contribution in [0.4, 0.5) is 14.7 Å². The van der Waals surface area contributed by atoms with E-state index in [0.717, 1.165) is 45.1 Å². The molecule has 1 N–H and O–H groups in total. The Morgan fingerprint density at radius 3 is 2.51 bits per heavy atom. The largest absolute Gasteiger partial charge is 0.477 e. The standard InChI is InChI=1S/C30H40F2N6O3/c1-30(2,39)24-8-5-13-37(24)21-11-9-20(10-12-21)19-41-26-18-25(34-29(35-26)36-14-16-40-17-15-36)38-23-7-4-3-6-22(23)33-28(38)27(31)32/h3-4,6-7,18,20-21,24,27,39H,5,8-17,19H2,1-2H3/t20?,21?,24-/m0/s1. The number of halogens is 2. The van der Waals surface area contributed by atoms with E-state index in [4.69, 9.17) is 19.4 Å². The predicted octanol–water partition coefficient (Wildman–Crippen LogP) is 4.76. The summed E-state index contributed by atoms with van der Waals surface area (Å²) in [5.74, 6) is 1.15. The van der Waals surface area contributed by atoms with Crippen LogP contribution in [0.15, 0.2) is 30.3 Å². The van der Waals surface area contributed by atoms with Crippen LogP contribution in [0.2, 0.25) is 0 Å². The molecule has 0 radical (unpaired) electrons. The van der Waals surface area contributed by atoms with Gasteiger partial charge in [-0.2, -0.15) is 9.97 Å². The van der Waals surface area contributed by atoms with Gasteiger partial charge in [0.15, 0.2) is 5.82 Å². The minimum atomic E-state index is -2.77. The van der Waals surface area contributed by atoms with Crippen LogP contribution in [0.1, 0.15) is 64.6 Å². The van der Waals surface area contributed by atoms with Gasteiger partial charge in [0.05, 0.1) is 36.5 Å². The molecular formula is C30H40F2N6O3. The quantitative estimate of drug-likeness (QED) is 0.415. The summed E-state index contributed by atoms with van der Waals surface area (Å²) in [6.07, 6.45) is 3.65. The first-order chi connectivity index (χ1) is 19.8. The van der Waals surface area contributed by atoms with Crippen LogP contribution in [-0.4, -0.2) is 86.7 Å². The van der Waals surface area contributed by atoms with Gasteiger partial charge >= 0.3 is 0 Å². The predicted molar refractivity (Wildman–Crippen MR) is 152 cm³/mol. The third-order valence-corrected chi connectivity index (χ3v) is 8.84. The van der Waals surface area contributed by atoms with Gasteiger partial charge in [-0.05, 0) is 77.0 Å². The van der Waals surface area contributed by atoms with E-state index >= 15 is 0 Å². The number of morpholine rings is 1. The molecule has 1 saturated carbocycles. The molecule has 2 saturated heterocycles. The molecular weight excluding hydrogens is 530 g/mol. The van der Waals surface area contributed by atoms with Crippen molar-refractivity contribution >= 4 is 17.0 Å². The highest BCUT2D eigenvalue weighted by atomic mass is 19.3. The average Bonchev–Trinajstić information content (AvgIpc) is 3.63. The van der Waals surface area contributed by atoms with Crippen molar-refractivity contribution in [1.82, 2.24) is 24.4 Å². The molecule has 0 amide bonds. The van der Waals surface area contributed by atoms with Gasteiger partial charge in [-0.15, -0.1) is 0 Å². The maximum atomic E-state index is 14.1. The van der Waals surface area contributed by atoms with Crippen LogP contribution < -0.4 is 9.64 Å². The molecule has 11 heteroatoms. The van der Waals surface area contributed by atoms with Crippen molar-refractivity contribution in [2.45, 2.75) is 76.5 Å². The van der Waals surface area contributed by atoms with Crippen LogP contribution in [0, 0.1) is 5.92 Å². The van der Waals surface area contributed by atoms with Crippen molar-refractivity contribution in [2.24, 2.45) is 5.92 Å². The lowest BCUT2D eigenvalue weighted by Crippen LogP contribution is -2.50. The summed E-state index contributed by atoms with van der Waals surface area (Å²) in [5.41, 5.74) is 0.354. The summed E-state index contributed by atoms with van der Waals surface area (Å²) in [4.78, 5) is 18.1. The van der Waals surface area contributed by atoms with Gasteiger partial charge in [-0.1, -0.05) is 12.1 Å². The van der Waals surface area contributed by atoms with E-state index in [2.05, 4.69) is 9.88 Å². The molecule has 2 aromatic heterocycles. The zero-order valence-electron chi connectivity index (χ0n) is 23.9. The zero-order valence-corrected chi connectivity index (χ0v) is 23.9. The van der Waals surface area contributed by atoms with Gasteiger partial charge in [0.25, 0.3) is 6.43 Å². The fraction of sp³-hybridized carbons (Fsp3) is 0.633. The van der Waals surface area contributed by atoms with Crippen LogP contribution in [0.5, 0.6) is 5.88 Å². The number of rotatable bonds is 8. The second-order valence-electron chi connectivity index (χ2n) is 12.1. The number of alkyl halides is 2. The lowest BCUT2D eigenvalue weighted by Gasteiger charge is -2.41. The van der Waals surface area contributed by atoms with E-state index in [1.165, 1.54) is 4.57 Å². The molecule has 0 unspecified atom stereocenters. The van der Waals surface area contributed by atoms with Crippen LogP contribution in [0.25, 0.3) is 16.9 Å². The summed E-state index contributed by atoms with van der Waals surface area (Å²) in [5, 5.41) is 10.7. The number of para-hydroxylation sites is 2. The second kappa shape index (κ2) is 11.8. The maximum absolute atomic E-state index is 14.1. The molecule has 6 rings (SSSR count). The molecule has 0 spiro atoms. The number of hydrogen-bond acceptors (Lipinski definition) is 8. The van der Waals surface area contributed by atoms with Crippen LogP contribution in [-0.2, 0) is 4.74 Å². The number of aliphatic hydroxyl groups is 1. The van der Waals surface area contributed by atoms with E-state index in [1.54, 1.807) is 30.3 Å². The van der Waals surface area contributed by atoms with Gasteiger partial charge in [0.2, 0.25) is 11.8 Å². The normalized spacial score (nSPS) is 24.4. The number of ether oxygens (including phenoxy) is 2. The smallest absolute Gasteiger partial charge is 0.296 e. The molecule has 2 aliphatic heterocycles. The molecule has 222 valence electrons. The number of benzene rings is 1. The van der Waals surface area contributed by atoms with Crippen molar-refractivity contribution in [1.29, 1.82) is 0 Å². The topological polar surface area (TPSA) is 88.8 Å². The minimum absolute atomic E-state index is 0.218. The highest BCUT2D eigenvalue weighted by Gasteiger charge is 2.40. The highest BCUT2D eigenvalue weighted by molar-refractivity contribution is 5.78. The lowest BCUT2D eigenvalue weighted by molar-refractivity contribution is -0.0258. The number of aromatic nitrogens is 4. The number of likely N-dealkylation sites (tertiary alicyclic amines) is 1. The summed E-state index contributed by atoms with van der Waals surface area (Å²) in [6.45, 7) is 7.73. The van der Waals surface area contributed by atoms with Gasteiger partial charge in [-0.3, -0.25) is 9.47 Å². The molecule has 3 aromatic rings. The van der Waals surface area contributed by atoms with Gasteiger partial charge in [0, 0.05) is 31.2 Å². The van der Waals surface area contributed by atoms with Gasteiger partial charge in [-0.25, -0.2) is 13.8 Å². The summed E-state index contributed by atoms with van der Waals surface area (Å²) >= 11 is 0. The lowest BCUT2D eigenvalue weighted by atomic mass is 9.84. The first-order valence-electron chi connectivity index (χ1n) is 14.9. The van der Waals surface area contributed by atoms with Crippen molar-refractivity contribution in [3.05, 3.63) is 36.2 Å². The van der Waals surface area contributed by atoms with Crippen LogP contribution >= 0.6 is 0 Å². The Balaban J connectivity index is 1.21. The Morgan fingerprint density at radius 1 is 1.02 bits per heavy atom. The Labute approximate surface area is 239 Å². The summed E-state index contributed by atoms with van der Waals surface area (Å²) in [7, 11) is 0. The molecule has 3 fully saturated rings. The molecule has 9 nitrogen and oxygen atoms in total. The number of hydrogen-bond donors (Lipinski definition) is 1. The van der Waals surface area contributed by atoms with E-state index in [-0.39, 0.29) is 11.9 Å². The number of fused-ring (bicyclic) bond motifs is 1. The molecule has 1 aliphatic carbocycles. The van der Waals surface area contributed by atoms with Crippen molar-refractivity contribution < 1.29 is 23.4 Å². The third kappa shape index (κ3) is 6.03. The SMILES string of the molecule is CC(C)(O)[C@@H]1CCCN1C1CCC(COc2cc(-n3c(C(F)F)nc4ccccc43)nc(N3CCOCC3)n2)CC1. The monoisotopic (exact) mass is 570 g/mol.